The third kappa shape index (κ3) is 2.86. The maximum atomic E-state index is 6.33. The Kier molecular flexibility index (Phi) is 3.67. The van der Waals surface area contributed by atoms with Crippen molar-refractivity contribution in [1.29, 1.82) is 0 Å². The average Bonchev–Trinajstić information content (AvgIpc) is 2.27. The highest BCUT2D eigenvalue weighted by Gasteiger charge is 2.25. The molecular weight excluding hydrogens is 220 g/mol. The molecule has 0 bridgehead atoms. The molecular formula is C16H26N2. The highest BCUT2D eigenvalue weighted by molar-refractivity contribution is 5.56. The summed E-state index contributed by atoms with van der Waals surface area (Å²) in [5, 5.41) is 0. The van der Waals surface area contributed by atoms with Crippen molar-refractivity contribution < 1.29 is 0 Å². The van der Waals surface area contributed by atoms with Gasteiger partial charge >= 0.3 is 0 Å². The van der Waals surface area contributed by atoms with Gasteiger partial charge in [0.1, 0.15) is 0 Å². The van der Waals surface area contributed by atoms with Crippen LogP contribution in [0.2, 0.25) is 0 Å². The molecule has 2 heteroatoms. The first-order chi connectivity index (χ1) is 8.38. The lowest BCUT2D eigenvalue weighted by Gasteiger charge is -2.37. The predicted octanol–water partition coefficient (Wildman–Crippen LogP) is 3.12. The van der Waals surface area contributed by atoms with E-state index in [4.69, 9.17) is 5.73 Å². The predicted molar refractivity (Wildman–Crippen MR) is 79.1 cm³/mol. The lowest BCUT2D eigenvalue weighted by molar-refractivity contribution is 0.319. The van der Waals surface area contributed by atoms with Gasteiger partial charge in [-0.25, -0.2) is 0 Å². The highest BCUT2D eigenvalue weighted by Crippen LogP contribution is 2.29. The summed E-state index contributed by atoms with van der Waals surface area (Å²) >= 11 is 0. The standard InChI is InChI=1S/C16H26N2/c1-12-7-8-14-13(10-12)6-5-9-18(14)11-15(17)16(2,3)4/h7-8,10,15H,5-6,9,11,17H2,1-4H3. The van der Waals surface area contributed by atoms with Crippen LogP contribution in [0.3, 0.4) is 0 Å². The number of aryl methyl sites for hydroxylation is 2. The van der Waals surface area contributed by atoms with Gasteiger partial charge in [-0.1, -0.05) is 38.5 Å². The maximum absolute atomic E-state index is 6.33. The summed E-state index contributed by atoms with van der Waals surface area (Å²) in [5.74, 6) is 0. The molecule has 0 spiro atoms. The molecule has 1 aromatic carbocycles. The molecule has 1 atom stereocenters. The molecule has 0 amide bonds. The Bertz CT molecular complexity index is 418. The summed E-state index contributed by atoms with van der Waals surface area (Å²) in [6.07, 6.45) is 2.45. The number of nitrogens with zero attached hydrogens (tertiary/aromatic N) is 1. The van der Waals surface area contributed by atoms with Crippen molar-refractivity contribution in [3.05, 3.63) is 29.3 Å². The topological polar surface area (TPSA) is 29.3 Å². The summed E-state index contributed by atoms with van der Waals surface area (Å²) in [7, 11) is 0. The van der Waals surface area contributed by atoms with Gasteiger partial charge in [0.2, 0.25) is 0 Å². The van der Waals surface area contributed by atoms with E-state index in [1.165, 1.54) is 29.7 Å². The molecule has 1 aromatic rings. The van der Waals surface area contributed by atoms with Gasteiger partial charge in [0, 0.05) is 24.8 Å². The number of hydrogen-bond donors (Lipinski definition) is 1. The third-order valence-corrected chi connectivity index (χ3v) is 3.98. The van der Waals surface area contributed by atoms with Crippen LogP contribution < -0.4 is 10.6 Å². The van der Waals surface area contributed by atoms with Crippen molar-refractivity contribution in [3.8, 4) is 0 Å². The molecule has 1 aliphatic rings. The maximum Gasteiger partial charge on any atom is 0.0399 e. The van der Waals surface area contributed by atoms with E-state index in [-0.39, 0.29) is 11.5 Å². The fraction of sp³-hybridized carbons (Fsp3) is 0.625. The van der Waals surface area contributed by atoms with Gasteiger partial charge in [0.25, 0.3) is 0 Å². The summed E-state index contributed by atoms with van der Waals surface area (Å²) in [6, 6.07) is 7.01. The van der Waals surface area contributed by atoms with Gasteiger partial charge in [0.15, 0.2) is 0 Å². The van der Waals surface area contributed by atoms with Crippen LogP contribution in [0.1, 0.15) is 38.3 Å². The number of anilines is 1. The van der Waals surface area contributed by atoms with Gasteiger partial charge in [-0.2, -0.15) is 0 Å². The Morgan fingerprint density at radius 3 is 2.72 bits per heavy atom. The first-order valence-electron chi connectivity index (χ1n) is 6.98. The van der Waals surface area contributed by atoms with Gasteiger partial charge in [-0.05, 0) is 36.8 Å². The first-order valence-corrected chi connectivity index (χ1v) is 6.98. The summed E-state index contributed by atoms with van der Waals surface area (Å²) < 4.78 is 0. The fourth-order valence-corrected chi connectivity index (χ4v) is 2.50. The lowest BCUT2D eigenvalue weighted by Crippen LogP contribution is -2.46. The van der Waals surface area contributed by atoms with Crippen LogP contribution in [0.5, 0.6) is 0 Å². The minimum atomic E-state index is 0.169. The minimum absolute atomic E-state index is 0.169. The Morgan fingerprint density at radius 2 is 2.06 bits per heavy atom. The smallest absolute Gasteiger partial charge is 0.0399 e. The van der Waals surface area contributed by atoms with Crippen LogP contribution >= 0.6 is 0 Å². The Hall–Kier alpha value is -1.02. The molecule has 0 saturated carbocycles. The summed E-state index contributed by atoms with van der Waals surface area (Å²) in [6.45, 7) is 10.9. The monoisotopic (exact) mass is 246 g/mol. The highest BCUT2D eigenvalue weighted by atomic mass is 15.1. The van der Waals surface area contributed by atoms with Gasteiger partial charge < -0.3 is 10.6 Å². The SMILES string of the molecule is Cc1ccc2c(c1)CCCN2CC(N)C(C)(C)C. The number of fused-ring (bicyclic) bond motifs is 1. The number of hydrogen-bond acceptors (Lipinski definition) is 2. The largest absolute Gasteiger partial charge is 0.370 e. The van der Waals surface area contributed by atoms with Crippen molar-refractivity contribution in [2.45, 2.75) is 46.6 Å². The van der Waals surface area contributed by atoms with Crippen molar-refractivity contribution in [1.82, 2.24) is 0 Å². The normalized spacial score (nSPS) is 17.5. The average molecular weight is 246 g/mol. The Labute approximate surface area is 111 Å². The van der Waals surface area contributed by atoms with Crippen molar-refractivity contribution >= 4 is 5.69 Å². The van der Waals surface area contributed by atoms with E-state index in [1.54, 1.807) is 0 Å². The van der Waals surface area contributed by atoms with Crippen LogP contribution in [-0.2, 0) is 6.42 Å². The zero-order chi connectivity index (χ0) is 13.3. The van der Waals surface area contributed by atoms with Crippen molar-refractivity contribution in [3.63, 3.8) is 0 Å². The van der Waals surface area contributed by atoms with E-state index < -0.39 is 0 Å². The second kappa shape index (κ2) is 4.93. The van der Waals surface area contributed by atoms with Crippen LogP contribution in [0, 0.1) is 12.3 Å². The molecule has 1 unspecified atom stereocenters. The molecule has 100 valence electrons. The molecule has 0 aliphatic carbocycles. The molecule has 1 aliphatic heterocycles. The van der Waals surface area contributed by atoms with E-state index in [9.17, 15) is 0 Å². The Balaban J connectivity index is 2.18. The molecule has 2 N–H and O–H groups in total. The molecule has 1 heterocycles. The van der Waals surface area contributed by atoms with Crippen LogP contribution in [0.15, 0.2) is 18.2 Å². The molecule has 0 fully saturated rings. The molecule has 0 aromatic heterocycles. The molecule has 2 nitrogen and oxygen atoms in total. The zero-order valence-corrected chi connectivity index (χ0v) is 12.2. The number of benzene rings is 1. The lowest BCUT2D eigenvalue weighted by atomic mass is 9.86. The molecule has 2 rings (SSSR count). The zero-order valence-electron chi connectivity index (χ0n) is 12.2. The first kappa shape index (κ1) is 13.4. The quantitative estimate of drug-likeness (QED) is 0.868. The van der Waals surface area contributed by atoms with Crippen molar-refractivity contribution in [2.24, 2.45) is 11.1 Å². The minimum Gasteiger partial charge on any atom is -0.370 e. The fourth-order valence-electron chi connectivity index (χ4n) is 2.50. The van der Waals surface area contributed by atoms with E-state index in [1.807, 2.05) is 0 Å². The van der Waals surface area contributed by atoms with Gasteiger partial charge in [0.05, 0.1) is 0 Å². The number of rotatable bonds is 2. The van der Waals surface area contributed by atoms with E-state index in [0.717, 1.165) is 13.1 Å². The Morgan fingerprint density at radius 1 is 1.33 bits per heavy atom. The van der Waals surface area contributed by atoms with E-state index in [0.29, 0.717) is 0 Å². The molecule has 0 radical (unpaired) electrons. The van der Waals surface area contributed by atoms with E-state index >= 15 is 0 Å². The third-order valence-electron chi connectivity index (χ3n) is 3.98. The van der Waals surface area contributed by atoms with Crippen LogP contribution in [0.25, 0.3) is 0 Å². The second-order valence-electron chi connectivity index (χ2n) is 6.65. The van der Waals surface area contributed by atoms with Gasteiger partial charge in [-0.3, -0.25) is 0 Å². The van der Waals surface area contributed by atoms with Crippen molar-refractivity contribution in [2.75, 3.05) is 18.0 Å². The van der Waals surface area contributed by atoms with E-state index in [2.05, 4.69) is 50.8 Å². The molecule has 18 heavy (non-hydrogen) atoms. The van der Waals surface area contributed by atoms with Crippen LogP contribution in [0.4, 0.5) is 5.69 Å². The number of nitrogens with two attached hydrogens (primary N) is 1. The second-order valence-corrected chi connectivity index (χ2v) is 6.65. The summed E-state index contributed by atoms with van der Waals surface area (Å²) in [5.41, 5.74) is 10.7. The van der Waals surface area contributed by atoms with Crippen LogP contribution in [-0.4, -0.2) is 19.1 Å². The molecule has 0 saturated heterocycles. The van der Waals surface area contributed by atoms with Gasteiger partial charge in [-0.15, -0.1) is 0 Å². The summed E-state index contributed by atoms with van der Waals surface area (Å²) in [4.78, 5) is 2.47.